The van der Waals surface area contributed by atoms with Crippen molar-refractivity contribution < 1.29 is 4.39 Å². The Hall–Kier alpha value is -0.860. The highest BCUT2D eigenvalue weighted by Gasteiger charge is 2.01. The van der Waals surface area contributed by atoms with Crippen LogP contribution >= 0.6 is 11.6 Å². The van der Waals surface area contributed by atoms with Crippen molar-refractivity contribution in [3.05, 3.63) is 46.3 Å². The highest BCUT2D eigenvalue weighted by atomic mass is 35.5. The van der Waals surface area contributed by atoms with Crippen LogP contribution in [0.3, 0.4) is 0 Å². The molecule has 3 heteroatoms. The van der Waals surface area contributed by atoms with Gasteiger partial charge in [-0.25, -0.2) is 4.39 Å². The lowest BCUT2D eigenvalue weighted by Crippen LogP contribution is -2.14. The van der Waals surface area contributed by atoms with E-state index in [0.717, 1.165) is 6.54 Å². The highest BCUT2D eigenvalue weighted by molar-refractivity contribution is 6.30. The van der Waals surface area contributed by atoms with E-state index in [1.807, 2.05) is 13.8 Å². The van der Waals surface area contributed by atoms with Gasteiger partial charge in [0, 0.05) is 23.7 Å². The van der Waals surface area contributed by atoms with Crippen molar-refractivity contribution in [1.29, 1.82) is 0 Å². The van der Waals surface area contributed by atoms with Crippen molar-refractivity contribution in [2.75, 3.05) is 6.54 Å². The topological polar surface area (TPSA) is 12.0 Å². The summed E-state index contributed by atoms with van der Waals surface area (Å²) in [5.74, 6) is -0.257. The van der Waals surface area contributed by atoms with Crippen LogP contribution in [0.4, 0.5) is 4.39 Å². The average Bonchev–Trinajstić information content (AvgIpc) is 2.14. The summed E-state index contributed by atoms with van der Waals surface area (Å²) in [4.78, 5) is 0. The van der Waals surface area contributed by atoms with Gasteiger partial charge in [0.05, 0.1) is 0 Å². The predicted molar refractivity (Wildman–Crippen MR) is 62.5 cm³/mol. The van der Waals surface area contributed by atoms with Gasteiger partial charge in [0.2, 0.25) is 0 Å². The van der Waals surface area contributed by atoms with Crippen LogP contribution in [-0.2, 0) is 6.54 Å². The van der Waals surface area contributed by atoms with E-state index in [2.05, 4.69) is 11.4 Å². The number of halogens is 2. The molecule has 0 saturated heterocycles. The van der Waals surface area contributed by atoms with Gasteiger partial charge in [-0.15, -0.1) is 0 Å². The van der Waals surface area contributed by atoms with Crippen molar-refractivity contribution in [2.45, 2.75) is 20.4 Å². The fourth-order valence-electron chi connectivity index (χ4n) is 1.15. The van der Waals surface area contributed by atoms with Gasteiger partial charge in [-0.05, 0) is 26.0 Å². The molecule has 1 aromatic carbocycles. The maximum Gasteiger partial charge on any atom is 0.129 e. The molecule has 0 aromatic heterocycles. The van der Waals surface area contributed by atoms with Gasteiger partial charge in [0.1, 0.15) is 5.82 Å². The quantitative estimate of drug-likeness (QED) is 0.613. The lowest BCUT2D eigenvalue weighted by Gasteiger charge is -2.04. The van der Waals surface area contributed by atoms with Gasteiger partial charge in [-0.2, -0.15) is 0 Å². The molecule has 0 aliphatic rings. The molecule has 0 bridgehead atoms. The Labute approximate surface area is 95.0 Å². The zero-order chi connectivity index (χ0) is 11.3. The van der Waals surface area contributed by atoms with Gasteiger partial charge in [-0.3, -0.25) is 0 Å². The van der Waals surface area contributed by atoms with Crippen molar-refractivity contribution in [1.82, 2.24) is 5.32 Å². The molecule has 0 radical (unpaired) electrons. The molecule has 0 aliphatic heterocycles. The fraction of sp³-hybridized carbons (Fsp3) is 0.333. The van der Waals surface area contributed by atoms with Crippen LogP contribution in [0, 0.1) is 5.82 Å². The molecule has 0 fully saturated rings. The molecule has 82 valence electrons. The Kier molecular flexibility index (Phi) is 4.79. The van der Waals surface area contributed by atoms with Gasteiger partial charge in [0.15, 0.2) is 0 Å². The standard InChI is InChI=1S/C12H15ClFN/c1-9(2)5-6-15-8-10-3-4-11(13)7-12(10)14/h3-5,7,15H,6,8H2,1-2H3. The third kappa shape index (κ3) is 4.45. The van der Waals surface area contributed by atoms with E-state index < -0.39 is 0 Å². The number of benzene rings is 1. The minimum Gasteiger partial charge on any atom is -0.309 e. The van der Waals surface area contributed by atoms with E-state index in [9.17, 15) is 4.39 Å². The lowest BCUT2D eigenvalue weighted by atomic mass is 10.2. The van der Waals surface area contributed by atoms with Crippen LogP contribution in [0.15, 0.2) is 29.8 Å². The molecule has 1 aromatic rings. The Balaban J connectivity index is 2.47. The molecule has 0 atom stereocenters. The van der Waals surface area contributed by atoms with Crippen LogP contribution in [0.25, 0.3) is 0 Å². The van der Waals surface area contributed by atoms with E-state index in [4.69, 9.17) is 11.6 Å². The van der Waals surface area contributed by atoms with Gasteiger partial charge < -0.3 is 5.32 Å². The van der Waals surface area contributed by atoms with E-state index in [0.29, 0.717) is 17.1 Å². The van der Waals surface area contributed by atoms with Crippen molar-refractivity contribution in [3.63, 3.8) is 0 Å². The van der Waals surface area contributed by atoms with Crippen LogP contribution in [0.1, 0.15) is 19.4 Å². The minimum atomic E-state index is -0.257. The molecule has 1 rings (SSSR count). The first-order chi connectivity index (χ1) is 7.09. The summed E-state index contributed by atoms with van der Waals surface area (Å²) in [5, 5.41) is 3.56. The van der Waals surface area contributed by atoms with Crippen molar-refractivity contribution in [3.8, 4) is 0 Å². The number of hydrogen-bond acceptors (Lipinski definition) is 1. The molecule has 0 saturated carbocycles. The predicted octanol–water partition coefficient (Wildman–Crippen LogP) is 3.53. The Morgan fingerprint density at radius 1 is 1.47 bits per heavy atom. The Morgan fingerprint density at radius 3 is 2.80 bits per heavy atom. The third-order valence-electron chi connectivity index (χ3n) is 1.99. The molecular formula is C12H15ClFN. The molecule has 0 amide bonds. The van der Waals surface area contributed by atoms with Crippen molar-refractivity contribution in [2.24, 2.45) is 0 Å². The van der Waals surface area contributed by atoms with E-state index in [1.165, 1.54) is 11.6 Å². The smallest absolute Gasteiger partial charge is 0.129 e. The number of hydrogen-bond donors (Lipinski definition) is 1. The van der Waals surface area contributed by atoms with E-state index >= 15 is 0 Å². The molecular weight excluding hydrogens is 213 g/mol. The second-order valence-electron chi connectivity index (χ2n) is 3.65. The Morgan fingerprint density at radius 2 is 2.20 bits per heavy atom. The molecule has 0 heterocycles. The maximum atomic E-state index is 13.3. The molecule has 0 unspecified atom stereocenters. The molecule has 1 N–H and O–H groups in total. The second kappa shape index (κ2) is 5.89. The molecule has 1 nitrogen and oxygen atoms in total. The average molecular weight is 228 g/mol. The first-order valence-electron chi connectivity index (χ1n) is 4.87. The minimum absolute atomic E-state index is 0.257. The zero-order valence-corrected chi connectivity index (χ0v) is 9.74. The lowest BCUT2D eigenvalue weighted by molar-refractivity contribution is 0.596. The number of allylic oxidation sites excluding steroid dienone is 1. The van der Waals surface area contributed by atoms with Gasteiger partial charge >= 0.3 is 0 Å². The summed E-state index contributed by atoms with van der Waals surface area (Å²) in [6, 6.07) is 4.73. The third-order valence-corrected chi connectivity index (χ3v) is 2.22. The van der Waals surface area contributed by atoms with Crippen LogP contribution in [0.2, 0.25) is 5.02 Å². The van der Waals surface area contributed by atoms with Crippen LogP contribution in [-0.4, -0.2) is 6.54 Å². The van der Waals surface area contributed by atoms with Crippen molar-refractivity contribution >= 4 is 11.6 Å². The van der Waals surface area contributed by atoms with E-state index in [1.54, 1.807) is 12.1 Å². The Bertz CT molecular complexity index is 357. The van der Waals surface area contributed by atoms with E-state index in [-0.39, 0.29) is 5.82 Å². The summed E-state index contributed by atoms with van der Waals surface area (Å²) >= 11 is 5.65. The zero-order valence-electron chi connectivity index (χ0n) is 8.98. The largest absolute Gasteiger partial charge is 0.309 e. The second-order valence-corrected chi connectivity index (χ2v) is 4.08. The first-order valence-corrected chi connectivity index (χ1v) is 5.25. The molecule has 15 heavy (non-hydrogen) atoms. The van der Waals surface area contributed by atoms with Gasteiger partial charge in [-0.1, -0.05) is 29.3 Å². The van der Waals surface area contributed by atoms with Crippen LogP contribution < -0.4 is 5.32 Å². The number of rotatable bonds is 4. The summed E-state index contributed by atoms with van der Waals surface area (Å²) in [5.41, 5.74) is 1.89. The monoisotopic (exact) mass is 227 g/mol. The van der Waals surface area contributed by atoms with Gasteiger partial charge in [0.25, 0.3) is 0 Å². The highest BCUT2D eigenvalue weighted by Crippen LogP contribution is 2.14. The fourth-order valence-corrected chi connectivity index (χ4v) is 1.31. The first kappa shape index (κ1) is 12.2. The molecule has 0 spiro atoms. The normalized spacial score (nSPS) is 10.1. The SMILES string of the molecule is CC(C)=CCNCc1ccc(Cl)cc1F. The molecule has 0 aliphatic carbocycles. The summed E-state index contributed by atoms with van der Waals surface area (Å²) in [7, 11) is 0. The summed E-state index contributed by atoms with van der Waals surface area (Å²) in [6.45, 7) is 5.34. The van der Waals surface area contributed by atoms with Crippen LogP contribution in [0.5, 0.6) is 0 Å². The summed E-state index contributed by atoms with van der Waals surface area (Å²) < 4.78 is 13.3. The summed E-state index contributed by atoms with van der Waals surface area (Å²) in [6.07, 6.45) is 2.06. The maximum absolute atomic E-state index is 13.3. The number of nitrogens with one attached hydrogen (secondary N) is 1.